The van der Waals surface area contributed by atoms with Crippen LogP contribution in [0.1, 0.15) is 57.7 Å². The van der Waals surface area contributed by atoms with Gasteiger partial charge in [-0.15, -0.1) is 0 Å². The van der Waals surface area contributed by atoms with E-state index in [-0.39, 0.29) is 10.5 Å². The van der Waals surface area contributed by atoms with Crippen molar-refractivity contribution in [1.82, 2.24) is 24.6 Å². The van der Waals surface area contributed by atoms with Gasteiger partial charge < -0.3 is 20.0 Å². The number of aromatic nitrogens is 4. The van der Waals surface area contributed by atoms with Crippen LogP contribution in [-0.4, -0.2) is 66.3 Å². The van der Waals surface area contributed by atoms with Crippen molar-refractivity contribution in [2.45, 2.75) is 70.1 Å². The van der Waals surface area contributed by atoms with Crippen LogP contribution in [0.3, 0.4) is 0 Å². The van der Waals surface area contributed by atoms with Gasteiger partial charge in [0.15, 0.2) is 8.32 Å². The molecular formula is C30H42N8OSi. The van der Waals surface area contributed by atoms with Gasteiger partial charge in [0, 0.05) is 36.5 Å². The van der Waals surface area contributed by atoms with Crippen LogP contribution in [0.25, 0.3) is 11.3 Å². The lowest BCUT2D eigenvalue weighted by Gasteiger charge is -2.39. The highest BCUT2D eigenvalue weighted by Gasteiger charge is 2.42. The van der Waals surface area contributed by atoms with Crippen LogP contribution >= 0.6 is 0 Å². The van der Waals surface area contributed by atoms with E-state index in [1.54, 1.807) is 6.20 Å². The molecule has 2 aromatic heterocycles. The summed E-state index contributed by atoms with van der Waals surface area (Å²) >= 11 is 0. The molecule has 3 aromatic rings. The Morgan fingerprint density at radius 3 is 2.70 bits per heavy atom. The van der Waals surface area contributed by atoms with Gasteiger partial charge in [-0.05, 0) is 74.9 Å². The Hall–Kier alpha value is -3.26. The van der Waals surface area contributed by atoms with Gasteiger partial charge in [-0.2, -0.15) is 10.4 Å². The average Bonchev–Trinajstić information content (AvgIpc) is 3.52. The number of anilines is 3. The Balaban J connectivity index is 1.38. The Bertz CT molecular complexity index is 1410. The minimum atomic E-state index is -1.93. The quantitative estimate of drug-likeness (QED) is 0.344. The number of rotatable bonds is 7. The van der Waals surface area contributed by atoms with Gasteiger partial charge in [-0.25, -0.2) is 9.97 Å². The Morgan fingerprint density at radius 2 is 2.00 bits per heavy atom. The zero-order chi connectivity index (χ0) is 28.7. The highest BCUT2D eigenvalue weighted by atomic mass is 28.4. The highest BCUT2D eigenvalue weighted by Crippen LogP contribution is 2.44. The molecule has 0 amide bonds. The summed E-state index contributed by atoms with van der Waals surface area (Å²) in [6.45, 7) is 17.1. The van der Waals surface area contributed by atoms with Crippen LogP contribution in [-0.2, 0) is 9.84 Å². The Morgan fingerprint density at radius 1 is 1.25 bits per heavy atom. The number of hydrogen-bond acceptors (Lipinski definition) is 8. The second kappa shape index (κ2) is 10.6. The largest absolute Gasteiger partial charge is 0.416 e. The zero-order valence-electron chi connectivity index (χ0n) is 24.9. The van der Waals surface area contributed by atoms with Gasteiger partial charge in [0.1, 0.15) is 6.07 Å². The maximum absolute atomic E-state index is 10.0. The van der Waals surface area contributed by atoms with Crippen LogP contribution in [0, 0.1) is 11.3 Å². The van der Waals surface area contributed by atoms with Crippen molar-refractivity contribution in [3.8, 4) is 17.3 Å². The minimum absolute atomic E-state index is 0.131. The number of nitrogens with one attached hydrogen (secondary N) is 2. The summed E-state index contributed by atoms with van der Waals surface area (Å²) < 4.78 is 8.72. The Labute approximate surface area is 239 Å². The topological polar surface area (TPSA) is 104 Å². The summed E-state index contributed by atoms with van der Waals surface area (Å²) in [6.07, 6.45) is 7.81. The first-order valence-electron chi connectivity index (χ1n) is 14.2. The number of hydrogen-bond donors (Lipinski definition) is 2. The summed E-state index contributed by atoms with van der Waals surface area (Å²) in [5.41, 5.74) is 4.90. The molecule has 1 fully saturated rings. The summed E-state index contributed by atoms with van der Waals surface area (Å²) in [7, 11) is 0.236. The summed E-state index contributed by atoms with van der Waals surface area (Å²) in [6, 6.07) is 8.78. The molecule has 0 bridgehead atoms. The molecule has 1 aromatic carbocycles. The molecule has 2 aliphatic heterocycles. The van der Waals surface area contributed by atoms with E-state index in [9.17, 15) is 5.26 Å². The molecular weight excluding hydrogens is 516 g/mol. The van der Waals surface area contributed by atoms with Gasteiger partial charge in [0.05, 0.1) is 34.9 Å². The van der Waals surface area contributed by atoms with Crippen LogP contribution in [0.15, 0.2) is 36.8 Å². The molecule has 0 radical (unpaired) electrons. The second-order valence-corrected chi connectivity index (χ2v) is 18.0. The fourth-order valence-corrected chi connectivity index (χ4v) is 6.29. The van der Waals surface area contributed by atoms with Gasteiger partial charge in [-0.3, -0.25) is 4.68 Å². The van der Waals surface area contributed by atoms with Crippen LogP contribution in [0.2, 0.25) is 18.1 Å². The number of nitrogens with zero attached hydrogens (tertiary/aromatic N) is 6. The van der Waals surface area contributed by atoms with E-state index in [4.69, 9.17) is 9.41 Å². The van der Waals surface area contributed by atoms with Crippen molar-refractivity contribution in [2.75, 3.05) is 43.9 Å². The number of likely N-dealkylation sites (tertiary alicyclic amines) is 1. The van der Waals surface area contributed by atoms with E-state index in [1.807, 2.05) is 24.5 Å². The van der Waals surface area contributed by atoms with Gasteiger partial charge in [0.25, 0.3) is 0 Å². The van der Waals surface area contributed by atoms with Crippen LogP contribution in [0.4, 0.5) is 17.3 Å². The second-order valence-electron chi connectivity index (χ2n) is 13.2. The fourth-order valence-electron chi connectivity index (χ4n) is 5.18. The molecule has 1 atom stereocenters. The van der Waals surface area contributed by atoms with Crippen molar-refractivity contribution in [3.05, 3.63) is 47.9 Å². The molecule has 0 spiro atoms. The van der Waals surface area contributed by atoms with Crippen LogP contribution in [0.5, 0.6) is 0 Å². The molecule has 9 nitrogen and oxygen atoms in total. The molecule has 2 aliphatic rings. The van der Waals surface area contributed by atoms with E-state index >= 15 is 0 Å². The van der Waals surface area contributed by atoms with Gasteiger partial charge in [-0.1, -0.05) is 27.7 Å². The SMILES string of the molecule is CN1CCC(n2cc(Nc3nccc(-c4cc(C#N)c5c(c4)C(C)(CO[Si](C)(C)C(C)(C)C)CN5)n3)cn2)CC1. The van der Waals surface area contributed by atoms with E-state index in [1.165, 1.54) is 0 Å². The van der Waals surface area contributed by atoms with Crippen molar-refractivity contribution < 1.29 is 4.43 Å². The Kier molecular flexibility index (Phi) is 7.50. The molecule has 1 saturated heterocycles. The fraction of sp³-hybridized carbons (Fsp3) is 0.533. The third-order valence-electron chi connectivity index (χ3n) is 8.99. The van der Waals surface area contributed by atoms with Crippen molar-refractivity contribution in [2.24, 2.45) is 0 Å². The molecule has 10 heteroatoms. The van der Waals surface area contributed by atoms with E-state index in [2.05, 4.69) is 90.3 Å². The number of piperidine rings is 1. The third kappa shape index (κ3) is 5.64. The van der Waals surface area contributed by atoms with Crippen molar-refractivity contribution in [1.29, 1.82) is 5.26 Å². The first-order valence-corrected chi connectivity index (χ1v) is 17.1. The molecule has 0 saturated carbocycles. The molecule has 1 unspecified atom stereocenters. The lowest BCUT2D eigenvalue weighted by atomic mass is 9.83. The maximum Gasteiger partial charge on any atom is 0.227 e. The predicted molar refractivity (Wildman–Crippen MR) is 162 cm³/mol. The van der Waals surface area contributed by atoms with Crippen molar-refractivity contribution >= 4 is 25.6 Å². The predicted octanol–water partition coefficient (Wildman–Crippen LogP) is 5.93. The minimum Gasteiger partial charge on any atom is -0.416 e. The van der Waals surface area contributed by atoms with E-state index in [0.717, 1.165) is 60.7 Å². The van der Waals surface area contributed by atoms with Gasteiger partial charge in [0.2, 0.25) is 5.95 Å². The highest BCUT2D eigenvalue weighted by molar-refractivity contribution is 6.74. The van der Waals surface area contributed by atoms with Crippen molar-refractivity contribution in [3.63, 3.8) is 0 Å². The van der Waals surface area contributed by atoms with E-state index < -0.39 is 8.32 Å². The summed E-state index contributed by atoms with van der Waals surface area (Å²) in [5.74, 6) is 0.501. The lowest BCUT2D eigenvalue weighted by Crippen LogP contribution is -2.45. The molecule has 40 heavy (non-hydrogen) atoms. The smallest absolute Gasteiger partial charge is 0.227 e. The monoisotopic (exact) mass is 558 g/mol. The van der Waals surface area contributed by atoms with Gasteiger partial charge >= 0.3 is 0 Å². The average molecular weight is 559 g/mol. The summed E-state index contributed by atoms with van der Waals surface area (Å²) in [5, 5.41) is 21.6. The normalized spacial score (nSPS) is 20.1. The molecule has 0 aliphatic carbocycles. The lowest BCUT2D eigenvalue weighted by molar-refractivity contribution is 0.212. The molecule has 2 N–H and O–H groups in total. The first kappa shape index (κ1) is 28.3. The van der Waals surface area contributed by atoms with E-state index in [0.29, 0.717) is 24.2 Å². The molecule has 4 heterocycles. The molecule has 212 valence electrons. The van der Waals surface area contributed by atoms with Crippen LogP contribution < -0.4 is 10.6 Å². The molecule has 5 rings (SSSR count). The number of nitriles is 1. The first-order chi connectivity index (χ1) is 18.9. The zero-order valence-corrected chi connectivity index (χ0v) is 25.9. The number of fused-ring (bicyclic) bond motifs is 1. The third-order valence-corrected chi connectivity index (χ3v) is 13.5. The number of benzene rings is 1. The standard InChI is InChI=1S/C30H42N8OSi/c1-29(2,3)40(6,7)39-20-30(4)19-33-27-22(16-31)14-21(15-25(27)30)26-8-11-32-28(36-26)35-23-17-34-38(18-23)24-9-12-37(5)13-10-24/h8,11,14-15,17-18,24,33H,9-10,12-13,19-20H2,1-7H3,(H,32,35,36). The maximum atomic E-state index is 10.0. The summed E-state index contributed by atoms with van der Waals surface area (Å²) in [4.78, 5) is 11.6.